The van der Waals surface area contributed by atoms with Crippen LogP contribution in [0.2, 0.25) is 0 Å². The largest absolute Gasteiger partial charge is 0.489 e. The van der Waals surface area contributed by atoms with E-state index in [4.69, 9.17) is 4.74 Å². The molecule has 0 saturated heterocycles. The number of aliphatic imine (C=N–C) groups is 1. The Morgan fingerprint density at radius 2 is 1.87 bits per heavy atom. The van der Waals surface area contributed by atoms with Crippen LogP contribution in [0.3, 0.4) is 0 Å². The predicted octanol–water partition coefficient (Wildman–Crippen LogP) is 2.83. The molecule has 124 valence electrons. The topological polar surface area (TPSA) is 58.5 Å². The molecule has 1 heterocycles. The smallest absolute Gasteiger partial charge is 0.191 e. The van der Waals surface area contributed by atoms with Gasteiger partial charge in [0, 0.05) is 13.2 Å². The molecule has 0 aliphatic rings. The van der Waals surface area contributed by atoms with Crippen molar-refractivity contribution >= 4 is 29.9 Å². The van der Waals surface area contributed by atoms with Gasteiger partial charge in [-0.25, -0.2) is 0 Å². The Morgan fingerprint density at radius 1 is 1.13 bits per heavy atom. The normalized spacial score (nSPS) is 12.0. The highest BCUT2D eigenvalue weighted by Crippen LogP contribution is 2.10. The number of pyridine rings is 1. The number of rotatable bonds is 6. The minimum Gasteiger partial charge on any atom is -0.489 e. The summed E-state index contributed by atoms with van der Waals surface area (Å²) in [6.45, 7) is 3.32. The summed E-state index contributed by atoms with van der Waals surface area (Å²) < 4.78 is 5.81. The second-order valence-electron chi connectivity index (χ2n) is 4.87. The van der Waals surface area contributed by atoms with Crippen LogP contribution < -0.4 is 15.4 Å². The molecule has 1 unspecified atom stereocenters. The van der Waals surface area contributed by atoms with Gasteiger partial charge in [-0.1, -0.05) is 24.3 Å². The van der Waals surface area contributed by atoms with E-state index in [9.17, 15) is 0 Å². The van der Waals surface area contributed by atoms with Crippen molar-refractivity contribution in [1.29, 1.82) is 0 Å². The number of nitrogens with zero attached hydrogens (tertiary/aromatic N) is 2. The number of hydrogen-bond donors (Lipinski definition) is 2. The SMILES string of the molecule is CN=C(NCc1ccccn1)NCC(C)Oc1ccccc1.I. The van der Waals surface area contributed by atoms with Crippen LogP contribution >= 0.6 is 24.0 Å². The minimum absolute atomic E-state index is 0. The molecule has 23 heavy (non-hydrogen) atoms. The molecule has 5 nitrogen and oxygen atoms in total. The Hall–Kier alpha value is -1.83. The van der Waals surface area contributed by atoms with Crippen molar-refractivity contribution in [2.75, 3.05) is 13.6 Å². The molecular weight excluding hydrogens is 403 g/mol. The summed E-state index contributed by atoms with van der Waals surface area (Å²) in [5, 5.41) is 6.47. The van der Waals surface area contributed by atoms with E-state index in [0.717, 1.165) is 17.4 Å². The number of aromatic nitrogens is 1. The molecule has 6 heteroatoms. The average molecular weight is 426 g/mol. The molecule has 0 aliphatic carbocycles. The zero-order chi connectivity index (χ0) is 15.6. The fourth-order valence-corrected chi connectivity index (χ4v) is 1.91. The lowest BCUT2D eigenvalue weighted by molar-refractivity contribution is 0.224. The summed E-state index contributed by atoms with van der Waals surface area (Å²) in [5.41, 5.74) is 0.971. The summed E-state index contributed by atoms with van der Waals surface area (Å²) in [5.74, 6) is 1.60. The maximum absolute atomic E-state index is 5.81. The maximum atomic E-state index is 5.81. The van der Waals surface area contributed by atoms with Gasteiger partial charge in [0.2, 0.25) is 0 Å². The lowest BCUT2D eigenvalue weighted by atomic mass is 10.3. The summed E-state index contributed by atoms with van der Waals surface area (Å²) in [7, 11) is 1.75. The van der Waals surface area contributed by atoms with Gasteiger partial charge in [0.1, 0.15) is 11.9 Å². The monoisotopic (exact) mass is 426 g/mol. The van der Waals surface area contributed by atoms with Gasteiger partial charge >= 0.3 is 0 Å². The number of hydrogen-bond acceptors (Lipinski definition) is 3. The molecule has 0 bridgehead atoms. The van der Waals surface area contributed by atoms with Crippen molar-refractivity contribution in [2.24, 2.45) is 4.99 Å². The van der Waals surface area contributed by atoms with E-state index in [-0.39, 0.29) is 30.1 Å². The average Bonchev–Trinajstić information content (AvgIpc) is 2.57. The van der Waals surface area contributed by atoms with Crippen molar-refractivity contribution in [3.63, 3.8) is 0 Å². The molecule has 0 spiro atoms. The van der Waals surface area contributed by atoms with Crippen LogP contribution in [0.4, 0.5) is 0 Å². The van der Waals surface area contributed by atoms with Crippen LogP contribution in [0.5, 0.6) is 5.75 Å². The quantitative estimate of drug-likeness (QED) is 0.424. The number of nitrogens with one attached hydrogen (secondary N) is 2. The van der Waals surface area contributed by atoms with Crippen LogP contribution in [-0.4, -0.2) is 30.6 Å². The standard InChI is InChI=1S/C17H22N4O.HI/c1-14(22-16-9-4-3-5-10-16)12-20-17(18-2)21-13-15-8-6-7-11-19-15;/h3-11,14H,12-13H2,1-2H3,(H2,18,20,21);1H. The molecule has 2 rings (SSSR count). The van der Waals surface area contributed by atoms with Gasteiger partial charge in [0.25, 0.3) is 0 Å². The molecule has 0 aliphatic heterocycles. The molecule has 0 radical (unpaired) electrons. The number of ether oxygens (including phenoxy) is 1. The fraction of sp³-hybridized carbons (Fsp3) is 0.294. The van der Waals surface area contributed by atoms with Crippen molar-refractivity contribution in [2.45, 2.75) is 19.6 Å². The highest BCUT2D eigenvalue weighted by Gasteiger charge is 2.05. The molecule has 2 N–H and O–H groups in total. The van der Waals surface area contributed by atoms with Gasteiger partial charge in [-0.15, -0.1) is 24.0 Å². The van der Waals surface area contributed by atoms with Crippen molar-refractivity contribution in [3.8, 4) is 5.75 Å². The predicted molar refractivity (Wildman–Crippen MR) is 104 cm³/mol. The fourth-order valence-electron chi connectivity index (χ4n) is 1.91. The molecular formula is C17H23IN4O. The Kier molecular flexibility index (Phi) is 9.04. The van der Waals surface area contributed by atoms with Gasteiger partial charge in [0.05, 0.1) is 18.8 Å². The number of benzene rings is 1. The first kappa shape index (κ1) is 19.2. The first-order valence-electron chi connectivity index (χ1n) is 7.34. The Balaban J connectivity index is 0.00000264. The lowest BCUT2D eigenvalue weighted by Crippen LogP contribution is -2.41. The second-order valence-corrected chi connectivity index (χ2v) is 4.87. The van der Waals surface area contributed by atoms with Crippen LogP contribution in [0.1, 0.15) is 12.6 Å². The zero-order valence-electron chi connectivity index (χ0n) is 13.4. The lowest BCUT2D eigenvalue weighted by Gasteiger charge is -2.17. The number of halogens is 1. The Bertz CT molecular complexity index is 578. The second kappa shape index (κ2) is 10.8. The van der Waals surface area contributed by atoms with Gasteiger partial charge < -0.3 is 15.4 Å². The first-order chi connectivity index (χ1) is 10.8. The van der Waals surface area contributed by atoms with E-state index in [1.165, 1.54) is 0 Å². The summed E-state index contributed by atoms with van der Waals surface area (Å²) in [4.78, 5) is 8.46. The molecule has 1 aromatic carbocycles. The van der Waals surface area contributed by atoms with Gasteiger partial charge in [-0.3, -0.25) is 9.98 Å². The van der Waals surface area contributed by atoms with Crippen LogP contribution in [0.15, 0.2) is 59.7 Å². The van der Waals surface area contributed by atoms with E-state index in [1.807, 2.05) is 55.5 Å². The van der Waals surface area contributed by atoms with E-state index in [1.54, 1.807) is 13.2 Å². The third-order valence-electron chi connectivity index (χ3n) is 3.02. The van der Waals surface area contributed by atoms with Gasteiger partial charge in [-0.2, -0.15) is 0 Å². The highest BCUT2D eigenvalue weighted by molar-refractivity contribution is 14.0. The number of para-hydroxylation sites is 1. The molecule has 2 aromatic rings. The molecule has 1 atom stereocenters. The summed E-state index contributed by atoms with van der Waals surface area (Å²) in [6, 6.07) is 15.6. The van der Waals surface area contributed by atoms with E-state index < -0.39 is 0 Å². The van der Waals surface area contributed by atoms with Crippen LogP contribution in [0.25, 0.3) is 0 Å². The van der Waals surface area contributed by atoms with E-state index in [2.05, 4.69) is 20.6 Å². The van der Waals surface area contributed by atoms with Crippen molar-refractivity contribution < 1.29 is 4.74 Å². The Labute approximate surface area is 154 Å². The van der Waals surface area contributed by atoms with Crippen LogP contribution in [0, 0.1) is 0 Å². The maximum Gasteiger partial charge on any atom is 0.191 e. The van der Waals surface area contributed by atoms with Gasteiger partial charge in [-0.05, 0) is 31.2 Å². The zero-order valence-corrected chi connectivity index (χ0v) is 15.7. The first-order valence-corrected chi connectivity index (χ1v) is 7.34. The highest BCUT2D eigenvalue weighted by atomic mass is 127. The molecule has 0 saturated carbocycles. The summed E-state index contributed by atoms with van der Waals surface area (Å²) >= 11 is 0. The molecule has 1 aromatic heterocycles. The van der Waals surface area contributed by atoms with Crippen LogP contribution in [-0.2, 0) is 6.54 Å². The minimum atomic E-state index is 0. The van der Waals surface area contributed by atoms with Crippen molar-refractivity contribution in [3.05, 3.63) is 60.4 Å². The molecule has 0 fully saturated rings. The number of guanidine groups is 1. The van der Waals surface area contributed by atoms with Gasteiger partial charge in [0.15, 0.2) is 5.96 Å². The Morgan fingerprint density at radius 3 is 2.52 bits per heavy atom. The molecule has 0 amide bonds. The van der Waals surface area contributed by atoms with Crippen molar-refractivity contribution in [1.82, 2.24) is 15.6 Å². The third kappa shape index (κ3) is 7.32. The summed E-state index contributed by atoms with van der Waals surface area (Å²) in [6.07, 6.45) is 1.82. The van der Waals surface area contributed by atoms with E-state index >= 15 is 0 Å². The third-order valence-corrected chi connectivity index (χ3v) is 3.02. The van der Waals surface area contributed by atoms with E-state index in [0.29, 0.717) is 13.1 Å².